The van der Waals surface area contributed by atoms with Crippen LogP contribution in [0.25, 0.3) is 0 Å². The molecule has 0 bridgehead atoms. The zero-order valence-electron chi connectivity index (χ0n) is 10.1. The third-order valence-electron chi connectivity index (χ3n) is 2.30. The van der Waals surface area contributed by atoms with Crippen molar-refractivity contribution in [3.05, 3.63) is 35.4 Å². The molecule has 1 aromatic carbocycles. The van der Waals surface area contributed by atoms with Gasteiger partial charge in [-0.05, 0) is 17.2 Å². The average Bonchev–Trinajstić information content (AvgIpc) is 2.73. The van der Waals surface area contributed by atoms with Gasteiger partial charge in [-0.15, -0.1) is 5.10 Å². The lowest BCUT2D eigenvalue weighted by atomic mass is 10.1. The number of amides is 1. The van der Waals surface area contributed by atoms with Crippen molar-refractivity contribution in [2.24, 2.45) is 10.2 Å². The summed E-state index contributed by atoms with van der Waals surface area (Å²) >= 11 is 1.22. The van der Waals surface area contributed by atoms with E-state index < -0.39 is 12.6 Å². The van der Waals surface area contributed by atoms with Gasteiger partial charge in [-0.1, -0.05) is 30.0 Å². The van der Waals surface area contributed by atoms with E-state index in [-0.39, 0.29) is 11.5 Å². The third-order valence-corrected chi connectivity index (χ3v) is 3.16. The maximum absolute atomic E-state index is 12.3. The summed E-state index contributed by atoms with van der Waals surface area (Å²) in [6, 6.07) is 5.97. The van der Waals surface area contributed by atoms with E-state index in [1.165, 1.54) is 36.2 Å². The minimum Gasteiger partial charge on any atom is -0.303 e. The number of alkyl halides is 3. The molecule has 1 aliphatic heterocycles. The van der Waals surface area contributed by atoms with Crippen LogP contribution in [0.4, 0.5) is 13.2 Å². The van der Waals surface area contributed by atoms with Gasteiger partial charge >= 0.3 is 6.18 Å². The van der Waals surface area contributed by atoms with Crippen LogP contribution in [-0.2, 0) is 11.2 Å². The van der Waals surface area contributed by atoms with E-state index in [2.05, 4.69) is 15.5 Å². The Morgan fingerprint density at radius 1 is 1.40 bits per heavy atom. The minimum atomic E-state index is -4.24. The number of nitrogens with zero attached hydrogens (tertiary/aromatic N) is 2. The summed E-state index contributed by atoms with van der Waals surface area (Å²) in [5.41, 5.74) is 0.683. The van der Waals surface area contributed by atoms with E-state index in [1.807, 2.05) is 0 Å². The summed E-state index contributed by atoms with van der Waals surface area (Å²) in [6.45, 7) is 0. The Morgan fingerprint density at radius 2 is 2.20 bits per heavy atom. The quantitative estimate of drug-likeness (QED) is 0.688. The molecule has 0 unspecified atom stereocenters. The molecule has 2 rings (SSSR count). The fraction of sp³-hybridized carbons (Fsp3) is 0.250. The molecule has 4 nitrogen and oxygen atoms in total. The first kappa shape index (κ1) is 14.6. The van der Waals surface area contributed by atoms with Crippen LogP contribution in [0.2, 0.25) is 0 Å². The molecule has 0 spiro atoms. The number of hydrogen-bond donors (Lipinski definition) is 1. The van der Waals surface area contributed by atoms with Gasteiger partial charge in [0.2, 0.25) is 5.91 Å². The summed E-state index contributed by atoms with van der Waals surface area (Å²) in [4.78, 5) is 10.9. The third kappa shape index (κ3) is 4.69. The number of hydrogen-bond acceptors (Lipinski definition) is 4. The number of nitrogens with one attached hydrogen (secondary N) is 1. The van der Waals surface area contributed by atoms with E-state index in [0.717, 1.165) is 0 Å². The number of carbonyl (C=O) groups excluding carboxylic acids is 1. The van der Waals surface area contributed by atoms with Gasteiger partial charge in [-0.2, -0.15) is 18.3 Å². The zero-order valence-corrected chi connectivity index (χ0v) is 11.0. The maximum Gasteiger partial charge on any atom is 0.393 e. The van der Waals surface area contributed by atoms with E-state index in [9.17, 15) is 18.0 Å². The van der Waals surface area contributed by atoms with Crippen molar-refractivity contribution in [3.63, 3.8) is 0 Å². The van der Waals surface area contributed by atoms with Gasteiger partial charge in [0.05, 0.1) is 18.4 Å². The fourth-order valence-corrected chi connectivity index (χ4v) is 2.17. The maximum atomic E-state index is 12.3. The predicted molar refractivity (Wildman–Crippen MR) is 71.8 cm³/mol. The lowest BCUT2D eigenvalue weighted by molar-refractivity contribution is -0.127. The van der Waals surface area contributed by atoms with Gasteiger partial charge in [-0.25, -0.2) is 0 Å². The molecule has 1 saturated heterocycles. The first-order valence-electron chi connectivity index (χ1n) is 5.62. The van der Waals surface area contributed by atoms with E-state index in [0.29, 0.717) is 16.5 Å². The number of amidine groups is 1. The molecule has 8 heteroatoms. The van der Waals surface area contributed by atoms with Crippen molar-refractivity contribution >= 4 is 29.1 Å². The first-order valence-corrected chi connectivity index (χ1v) is 6.60. The van der Waals surface area contributed by atoms with Crippen molar-refractivity contribution in [2.75, 3.05) is 5.75 Å². The number of benzene rings is 1. The molecule has 0 aliphatic carbocycles. The van der Waals surface area contributed by atoms with Gasteiger partial charge < -0.3 is 5.32 Å². The second-order valence-corrected chi connectivity index (χ2v) is 4.99. The van der Waals surface area contributed by atoms with Crippen LogP contribution in [0.15, 0.2) is 34.5 Å². The Hall–Kier alpha value is -1.83. The number of rotatable bonds is 3. The number of thioether (sulfide) groups is 1. The van der Waals surface area contributed by atoms with E-state index >= 15 is 0 Å². The topological polar surface area (TPSA) is 53.8 Å². The minimum absolute atomic E-state index is 0.142. The summed E-state index contributed by atoms with van der Waals surface area (Å²) in [5.74, 6) is 0.159. The Morgan fingerprint density at radius 3 is 2.85 bits per heavy atom. The van der Waals surface area contributed by atoms with Crippen LogP contribution >= 0.6 is 11.8 Å². The Balaban J connectivity index is 2.02. The predicted octanol–water partition coefficient (Wildman–Crippen LogP) is 2.34. The highest BCUT2D eigenvalue weighted by Crippen LogP contribution is 2.21. The van der Waals surface area contributed by atoms with Crippen LogP contribution in [0, 0.1) is 0 Å². The molecule has 1 amide bonds. The van der Waals surface area contributed by atoms with Crippen molar-refractivity contribution in [3.8, 4) is 0 Å². The molecule has 1 aromatic rings. The first-order chi connectivity index (χ1) is 9.42. The highest BCUT2D eigenvalue weighted by atomic mass is 32.2. The standard InChI is InChI=1S/C12H10F3N3OS/c13-12(14,15)5-8-2-1-3-9(4-8)6-16-18-11-17-10(19)7-20-11/h1-4,6H,5,7H2,(H,17,18,19). The Bertz CT molecular complexity index is 569. The number of halogens is 3. The Labute approximate surface area is 117 Å². The molecule has 1 heterocycles. The molecule has 106 valence electrons. The van der Waals surface area contributed by atoms with Crippen LogP contribution < -0.4 is 5.32 Å². The summed E-state index contributed by atoms with van der Waals surface area (Å²) in [7, 11) is 0. The summed E-state index contributed by atoms with van der Waals surface area (Å²) in [6.07, 6.45) is -3.87. The molecule has 1 fully saturated rings. The highest BCUT2D eigenvalue weighted by Gasteiger charge is 2.27. The summed E-state index contributed by atoms with van der Waals surface area (Å²) < 4.78 is 36.8. The SMILES string of the molecule is O=C1CSC(=NN=Cc2cccc(CC(F)(F)F)c2)N1. The van der Waals surface area contributed by atoms with Gasteiger partial charge in [0, 0.05) is 0 Å². The fourth-order valence-electron chi connectivity index (χ4n) is 1.54. The lowest BCUT2D eigenvalue weighted by Gasteiger charge is -2.06. The second kappa shape index (κ2) is 6.08. The highest BCUT2D eigenvalue weighted by molar-refractivity contribution is 8.15. The van der Waals surface area contributed by atoms with Crippen molar-refractivity contribution in [1.82, 2.24) is 5.32 Å². The van der Waals surface area contributed by atoms with Crippen LogP contribution in [0.5, 0.6) is 0 Å². The molecule has 1 aliphatic rings. The Kier molecular flexibility index (Phi) is 4.43. The monoisotopic (exact) mass is 301 g/mol. The van der Waals surface area contributed by atoms with E-state index in [4.69, 9.17) is 0 Å². The van der Waals surface area contributed by atoms with Crippen molar-refractivity contribution < 1.29 is 18.0 Å². The lowest BCUT2D eigenvalue weighted by Crippen LogP contribution is -2.19. The van der Waals surface area contributed by atoms with Crippen LogP contribution in [0.3, 0.4) is 0 Å². The van der Waals surface area contributed by atoms with Crippen LogP contribution in [-0.4, -0.2) is 29.2 Å². The van der Waals surface area contributed by atoms with Gasteiger partial charge in [0.1, 0.15) is 0 Å². The molecule has 0 radical (unpaired) electrons. The molecular formula is C12H10F3N3OS. The van der Waals surface area contributed by atoms with Crippen molar-refractivity contribution in [2.45, 2.75) is 12.6 Å². The normalized spacial score (nSPS) is 17.9. The second-order valence-electron chi connectivity index (χ2n) is 4.02. The van der Waals surface area contributed by atoms with Gasteiger partial charge in [-0.3, -0.25) is 4.79 Å². The smallest absolute Gasteiger partial charge is 0.303 e. The molecular weight excluding hydrogens is 291 g/mol. The molecule has 0 saturated carbocycles. The summed E-state index contributed by atoms with van der Waals surface area (Å²) in [5, 5.41) is 10.4. The number of carbonyl (C=O) groups is 1. The van der Waals surface area contributed by atoms with Crippen LogP contribution in [0.1, 0.15) is 11.1 Å². The molecule has 1 N–H and O–H groups in total. The molecule has 20 heavy (non-hydrogen) atoms. The van der Waals surface area contributed by atoms with Gasteiger partial charge in [0.25, 0.3) is 0 Å². The zero-order chi connectivity index (χ0) is 14.6. The van der Waals surface area contributed by atoms with Gasteiger partial charge in [0.15, 0.2) is 5.17 Å². The van der Waals surface area contributed by atoms with Crippen molar-refractivity contribution in [1.29, 1.82) is 0 Å². The molecule has 0 aromatic heterocycles. The van der Waals surface area contributed by atoms with E-state index in [1.54, 1.807) is 6.07 Å². The average molecular weight is 301 g/mol. The molecule has 0 atom stereocenters. The largest absolute Gasteiger partial charge is 0.393 e.